The molecule has 1 saturated carbocycles. The molecule has 4 rings (SSSR count). The number of aromatic nitrogens is 3. The molecular formula is C18H25N5O3. The summed E-state index contributed by atoms with van der Waals surface area (Å²) in [5, 5.41) is 21.0. The van der Waals surface area contributed by atoms with Crippen LogP contribution in [0.5, 0.6) is 0 Å². The van der Waals surface area contributed by atoms with Crippen molar-refractivity contribution in [1.29, 1.82) is 0 Å². The lowest BCUT2D eigenvalue weighted by molar-refractivity contribution is 0.0622. The molecule has 8 heteroatoms. The summed E-state index contributed by atoms with van der Waals surface area (Å²) in [5.41, 5.74) is 2.32. The Morgan fingerprint density at radius 3 is 3.04 bits per heavy atom. The molecule has 1 atom stereocenters. The van der Waals surface area contributed by atoms with E-state index in [0.29, 0.717) is 37.0 Å². The topological polar surface area (TPSA) is 98.5 Å². The molecule has 1 saturated heterocycles. The number of amides is 1. The van der Waals surface area contributed by atoms with Gasteiger partial charge in [0, 0.05) is 25.6 Å². The van der Waals surface area contributed by atoms with Crippen molar-refractivity contribution < 1.29 is 14.4 Å². The Morgan fingerprint density at radius 1 is 1.42 bits per heavy atom. The van der Waals surface area contributed by atoms with E-state index in [1.165, 1.54) is 12.8 Å². The molecule has 2 N–H and O–H groups in total. The van der Waals surface area contributed by atoms with Gasteiger partial charge in [0.2, 0.25) is 0 Å². The third kappa shape index (κ3) is 3.96. The van der Waals surface area contributed by atoms with Gasteiger partial charge in [-0.1, -0.05) is 5.16 Å². The molecule has 140 valence electrons. The summed E-state index contributed by atoms with van der Waals surface area (Å²) in [4.78, 5) is 16.3. The van der Waals surface area contributed by atoms with Crippen LogP contribution in [0.4, 0.5) is 0 Å². The number of β-amino-alcohol motifs (C(OH)–C–C–N with tert-alkyl or cyclic N) is 1. The average Bonchev–Trinajstić information content (AvgIpc) is 3.19. The number of piperidine rings is 1. The van der Waals surface area contributed by atoms with Crippen molar-refractivity contribution in [2.24, 2.45) is 0 Å². The van der Waals surface area contributed by atoms with Gasteiger partial charge in [0.05, 0.1) is 30.6 Å². The molecule has 2 fully saturated rings. The number of aliphatic hydroxyl groups is 1. The number of carbonyl (C=O) groups is 1. The van der Waals surface area contributed by atoms with Gasteiger partial charge in [-0.05, 0) is 38.3 Å². The van der Waals surface area contributed by atoms with Crippen molar-refractivity contribution in [2.45, 2.75) is 50.8 Å². The number of H-pyrrole nitrogens is 1. The number of hydrogen-bond donors (Lipinski definition) is 2. The molecule has 1 aliphatic carbocycles. The van der Waals surface area contributed by atoms with Gasteiger partial charge in [0.25, 0.3) is 5.91 Å². The van der Waals surface area contributed by atoms with Crippen LogP contribution in [0.2, 0.25) is 0 Å². The Balaban J connectivity index is 1.34. The number of rotatable bonds is 6. The summed E-state index contributed by atoms with van der Waals surface area (Å²) in [5.74, 6) is 1.06. The van der Waals surface area contributed by atoms with Gasteiger partial charge in [0.15, 0.2) is 11.5 Å². The van der Waals surface area contributed by atoms with Crippen LogP contribution in [0.1, 0.15) is 59.2 Å². The minimum atomic E-state index is -0.283. The minimum absolute atomic E-state index is 0.179. The zero-order valence-electron chi connectivity index (χ0n) is 15.0. The third-order valence-electron chi connectivity index (χ3n) is 5.04. The maximum absolute atomic E-state index is 12.6. The molecule has 2 aromatic rings. The number of hydrogen-bond acceptors (Lipinski definition) is 6. The van der Waals surface area contributed by atoms with Crippen LogP contribution >= 0.6 is 0 Å². The van der Waals surface area contributed by atoms with E-state index < -0.39 is 0 Å². The van der Waals surface area contributed by atoms with Crippen LogP contribution in [-0.2, 0) is 13.1 Å². The first-order chi connectivity index (χ1) is 12.6. The molecule has 8 nitrogen and oxygen atoms in total. The molecule has 2 aliphatic rings. The first-order valence-corrected chi connectivity index (χ1v) is 9.24. The molecule has 1 aliphatic heterocycles. The quantitative estimate of drug-likeness (QED) is 0.811. The second kappa shape index (κ2) is 7.20. The standard InChI is InChI=1S/C18H25N5O3/c1-22(9-13-7-16(20-19-13)12-4-5-12)18(25)17-8-15(26-21-17)11-23-6-2-3-14(24)10-23/h7-8,12,14,24H,2-6,9-11H2,1H3,(H,19,20)/t14-/m1/s1. The molecule has 1 amide bonds. The van der Waals surface area contributed by atoms with Crippen LogP contribution in [0.15, 0.2) is 16.7 Å². The monoisotopic (exact) mass is 359 g/mol. The van der Waals surface area contributed by atoms with Crippen LogP contribution in [0, 0.1) is 0 Å². The SMILES string of the molecule is CN(Cc1cc(C2CC2)n[nH]1)C(=O)c1cc(CN2CCC[C@@H](O)C2)on1. The highest BCUT2D eigenvalue weighted by atomic mass is 16.5. The van der Waals surface area contributed by atoms with E-state index in [-0.39, 0.29) is 12.0 Å². The summed E-state index contributed by atoms with van der Waals surface area (Å²) in [6.45, 7) is 2.57. The highest BCUT2D eigenvalue weighted by Crippen LogP contribution is 2.39. The number of nitrogens with zero attached hydrogens (tertiary/aromatic N) is 4. The fourth-order valence-corrected chi connectivity index (χ4v) is 3.45. The van der Waals surface area contributed by atoms with Crippen LogP contribution in [0.3, 0.4) is 0 Å². The van der Waals surface area contributed by atoms with Crippen molar-refractivity contribution in [2.75, 3.05) is 20.1 Å². The largest absolute Gasteiger partial charge is 0.392 e. The van der Waals surface area contributed by atoms with E-state index in [1.807, 2.05) is 6.07 Å². The Labute approximate surface area is 152 Å². The van der Waals surface area contributed by atoms with Crippen molar-refractivity contribution in [3.63, 3.8) is 0 Å². The number of carbonyl (C=O) groups excluding carboxylic acids is 1. The van der Waals surface area contributed by atoms with Crippen LogP contribution in [0.25, 0.3) is 0 Å². The second-order valence-corrected chi connectivity index (χ2v) is 7.46. The smallest absolute Gasteiger partial charge is 0.276 e. The Bertz CT molecular complexity index is 766. The van der Waals surface area contributed by atoms with Gasteiger partial charge in [-0.25, -0.2) is 0 Å². The molecule has 0 radical (unpaired) electrons. The summed E-state index contributed by atoms with van der Waals surface area (Å²) < 4.78 is 5.33. The number of likely N-dealkylation sites (tertiary alicyclic amines) is 1. The normalized spacial score (nSPS) is 21.1. The Hall–Kier alpha value is -2.19. The van der Waals surface area contributed by atoms with Crippen molar-refractivity contribution in [3.05, 3.63) is 35.0 Å². The zero-order chi connectivity index (χ0) is 18.1. The molecule has 3 heterocycles. The molecule has 0 spiro atoms. The predicted molar refractivity (Wildman–Crippen MR) is 93.4 cm³/mol. The van der Waals surface area contributed by atoms with E-state index in [4.69, 9.17) is 4.52 Å². The third-order valence-corrected chi connectivity index (χ3v) is 5.04. The van der Waals surface area contributed by atoms with E-state index in [1.54, 1.807) is 18.0 Å². The second-order valence-electron chi connectivity index (χ2n) is 7.46. The van der Waals surface area contributed by atoms with E-state index >= 15 is 0 Å². The summed E-state index contributed by atoms with van der Waals surface area (Å²) in [7, 11) is 1.75. The van der Waals surface area contributed by atoms with E-state index in [9.17, 15) is 9.90 Å². The highest BCUT2D eigenvalue weighted by molar-refractivity contribution is 5.92. The van der Waals surface area contributed by atoms with Gasteiger partial charge in [-0.15, -0.1) is 0 Å². The maximum Gasteiger partial charge on any atom is 0.276 e. The predicted octanol–water partition coefficient (Wildman–Crippen LogP) is 1.50. The van der Waals surface area contributed by atoms with E-state index in [0.717, 1.165) is 30.8 Å². The van der Waals surface area contributed by atoms with Crippen LogP contribution < -0.4 is 0 Å². The van der Waals surface area contributed by atoms with Gasteiger partial charge in [-0.3, -0.25) is 14.8 Å². The molecule has 0 unspecified atom stereocenters. The molecule has 0 aromatic carbocycles. The minimum Gasteiger partial charge on any atom is -0.392 e. The lowest BCUT2D eigenvalue weighted by Crippen LogP contribution is -2.37. The summed E-state index contributed by atoms with van der Waals surface area (Å²) in [6, 6.07) is 3.74. The molecule has 26 heavy (non-hydrogen) atoms. The number of aromatic amines is 1. The maximum atomic E-state index is 12.6. The van der Waals surface area contributed by atoms with Gasteiger partial charge in [0.1, 0.15) is 0 Å². The fraction of sp³-hybridized carbons (Fsp3) is 0.611. The summed E-state index contributed by atoms with van der Waals surface area (Å²) in [6.07, 6.45) is 3.94. The van der Waals surface area contributed by atoms with Gasteiger partial charge in [-0.2, -0.15) is 5.10 Å². The summed E-state index contributed by atoms with van der Waals surface area (Å²) >= 11 is 0. The van der Waals surface area contributed by atoms with Gasteiger partial charge < -0.3 is 14.5 Å². The molecule has 2 aromatic heterocycles. The molecule has 0 bridgehead atoms. The average molecular weight is 359 g/mol. The van der Waals surface area contributed by atoms with Crippen molar-refractivity contribution >= 4 is 5.91 Å². The first-order valence-electron chi connectivity index (χ1n) is 9.24. The Morgan fingerprint density at radius 2 is 2.27 bits per heavy atom. The highest BCUT2D eigenvalue weighted by Gasteiger charge is 2.27. The fourth-order valence-electron chi connectivity index (χ4n) is 3.45. The molecular weight excluding hydrogens is 334 g/mol. The first kappa shape index (κ1) is 17.2. The lowest BCUT2D eigenvalue weighted by Gasteiger charge is -2.28. The van der Waals surface area contributed by atoms with Crippen molar-refractivity contribution in [1.82, 2.24) is 25.2 Å². The van der Waals surface area contributed by atoms with Crippen molar-refractivity contribution in [3.8, 4) is 0 Å². The van der Waals surface area contributed by atoms with E-state index in [2.05, 4.69) is 20.3 Å². The number of aliphatic hydroxyl groups excluding tert-OH is 1. The Kier molecular flexibility index (Phi) is 4.78. The zero-order valence-corrected chi connectivity index (χ0v) is 15.0. The number of nitrogens with one attached hydrogen (secondary N) is 1. The lowest BCUT2D eigenvalue weighted by atomic mass is 10.1. The van der Waals surface area contributed by atoms with Gasteiger partial charge >= 0.3 is 0 Å². The van der Waals surface area contributed by atoms with Crippen LogP contribution in [-0.4, -0.2) is 62.4 Å².